The number of hydrogen-bond donors (Lipinski definition) is 0. The first kappa shape index (κ1) is 16.1. The second-order valence-corrected chi connectivity index (χ2v) is 7.47. The molecule has 2 atom stereocenters. The number of fused-ring (bicyclic) bond motifs is 2. The molecule has 0 amide bonds. The monoisotopic (exact) mass is 356 g/mol. The molecule has 1 heterocycles. The van der Waals surface area contributed by atoms with E-state index in [1.165, 1.54) is 11.1 Å². The third kappa shape index (κ3) is 2.05. The minimum atomic E-state index is -0.274. The number of carbonyl (C=O) groups is 1. The van der Waals surface area contributed by atoms with Crippen molar-refractivity contribution in [1.82, 2.24) is 0 Å². The standard InChI is InChI=1S/C24H20O3/c1-3-12-26-18-8-9-20-21(14-18)27-22-13-17(25)10-11-23(22)15-24(20,23)19-7-5-4-6-16(19)2/h3-11,13-14H,1,12,15H2,2H3. The highest BCUT2D eigenvalue weighted by molar-refractivity contribution is 6.01. The third-order valence-electron chi connectivity index (χ3n) is 6.03. The fourth-order valence-electron chi connectivity index (χ4n) is 4.78. The van der Waals surface area contributed by atoms with E-state index in [1.807, 2.05) is 18.2 Å². The van der Waals surface area contributed by atoms with Gasteiger partial charge >= 0.3 is 0 Å². The number of rotatable bonds is 4. The maximum atomic E-state index is 12.0. The predicted octanol–water partition coefficient (Wildman–Crippen LogP) is 4.65. The van der Waals surface area contributed by atoms with Gasteiger partial charge in [0.2, 0.25) is 0 Å². The number of carbonyl (C=O) groups excluding carboxylic acids is 1. The van der Waals surface area contributed by atoms with Crippen molar-refractivity contribution in [3.63, 3.8) is 0 Å². The molecular weight excluding hydrogens is 336 g/mol. The average Bonchev–Trinajstić information content (AvgIpc) is 3.36. The molecule has 0 aromatic heterocycles. The Morgan fingerprint density at radius 2 is 2.07 bits per heavy atom. The van der Waals surface area contributed by atoms with E-state index in [4.69, 9.17) is 9.47 Å². The molecule has 1 saturated carbocycles. The van der Waals surface area contributed by atoms with Crippen LogP contribution in [0, 0.1) is 12.3 Å². The SMILES string of the molecule is C=CCOc1ccc2c(c1)OC1=CC(=O)C=CC13CC23c1ccccc1C. The van der Waals surface area contributed by atoms with Crippen molar-refractivity contribution in [2.45, 2.75) is 18.8 Å². The molecule has 0 radical (unpaired) electrons. The Balaban J connectivity index is 1.73. The van der Waals surface area contributed by atoms with Crippen molar-refractivity contribution in [2.75, 3.05) is 6.61 Å². The molecule has 1 spiro atoms. The number of ketones is 1. The van der Waals surface area contributed by atoms with Crippen LogP contribution in [0.4, 0.5) is 0 Å². The van der Waals surface area contributed by atoms with Gasteiger partial charge in [-0.05, 0) is 36.6 Å². The van der Waals surface area contributed by atoms with Gasteiger partial charge in [0.25, 0.3) is 0 Å². The molecule has 27 heavy (non-hydrogen) atoms. The van der Waals surface area contributed by atoms with E-state index in [9.17, 15) is 4.79 Å². The first-order valence-electron chi connectivity index (χ1n) is 9.18. The summed E-state index contributed by atoms with van der Waals surface area (Å²) in [5.74, 6) is 2.22. The fraction of sp³-hybridized carbons (Fsp3) is 0.208. The number of hydrogen-bond acceptors (Lipinski definition) is 3. The zero-order valence-electron chi connectivity index (χ0n) is 15.2. The molecule has 2 aromatic carbocycles. The number of ether oxygens (including phenoxy) is 2. The van der Waals surface area contributed by atoms with Gasteiger partial charge in [0, 0.05) is 23.1 Å². The highest BCUT2D eigenvalue weighted by Gasteiger charge is 2.74. The quantitative estimate of drug-likeness (QED) is 0.748. The lowest BCUT2D eigenvalue weighted by Gasteiger charge is -2.35. The summed E-state index contributed by atoms with van der Waals surface area (Å²) in [7, 11) is 0. The Morgan fingerprint density at radius 1 is 1.22 bits per heavy atom. The molecule has 3 heteroatoms. The van der Waals surface area contributed by atoms with Crippen LogP contribution in [-0.4, -0.2) is 12.4 Å². The lowest BCUT2D eigenvalue weighted by Crippen LogP contribution is -2.31. The summed E-state index contributed by atoms with van der Waals surface area (Å²) in [4.78, 5) is 12.0. The van der Waals surface area contributed by atoms with Crippen LogP contribution in [0.2, 0.25) is 0 Å². The number of benzene rings is 2. The molecule has 134 valence electrons. The second-order valence-electron chi connectivity index (χ2n) is 7.47. The van der Waals surface area contributed by atoms with Gasteiger partial charge in [-0.3, -0.25) is 4.79 Å². The van der Waals surface area contributed by atoms with Crippen molar-refractivity contribution in [3.8, 4) is 11.5 Å². The van der Waals surface area contributed by atoms with E-state index in [0.717, 1.165) is 29.2 Å². The van der Waals surface area contributed by atoms with Crippen LogP contribution in [0.25, 0.3) is 0 Å². The molecule has 0 bridgehead atoms. The second kappa shape index (κ2) is 5.46. The largest absolute Gasteiger partial charge is 0.489 e. The van der Waals surface area contributed by atoms with Crippen molar-refractivity contribution in [1.29, 1.82) is 0 Å². The molecule has 0 N–H and O–H groups in total. The van der Waals surface area contributed by atoms with Gasteiger partial charge in [0.05, 0.1) is 5.41 Å². The molecule has 3 aliphatic rings. The average molecular weight is 356 g/mol. The van der Waals surface area contributed by atoms with Crippen LogP contribution in [0.3, 0.4) is 0 Å². The van der Waals surface area contributed by atoms with Crippen LogP contribution < -0.4 is 9.47 Å². The summed E-state index contributed by atoms with van der Waals surface area (Å²) in [5.41, 5.74) is 3.21. The lowest BCUT2D eigenvalue weighted by molar-refractivity contribution is -0.110. The summed E-state index contributed by atoms with van der Waals surface area (Å²) in [5, 5.41) is 0. The van der Waals surface area contributed by atoms with E-state index in [2.05, 4.69) is 43.8 Å². The van der Waals surface area contributed by atoms with Crippen LogP contribution >= 0.6 is 0 Å². The topological polar surface area (TPSA) is 35.5 Å². The minimum Gasteiger partial charge on any atom is -0.489 e. The maximum Gasteiger partial charge on any atom is 0.181 e. The summed E-state index contributed by atoms with van der Waals surface area (Å²) in [6.07, 6.45) is 7.98. The van der Waals surface area contributed by atoms with Crippen LogP contribution in [0.1, 0.15) is 23.1 Å². The van der Waals surface area contributed by atoms with Gasteiger partial charge in [0.15, 0.2) is 5.78 Å². The Morgan fingerprint density at radius 3 is 2.89 bits per heavy atom. The number of allylic oxidation sites excluding steroid dienone is 3. The van der Waals surface area contributed by atoms with Crippen molar-refractivity contribution in [3.05, 3.63) is 95.8 Å². The predicted molar refractivity (Wildman–Crippen MR) is 104 cm³/mol. The van der Waals surface area contributed by atoms with Gasteiger partial charge in [-0.15, -0.1) is 0 Å². The molecule has 2 unspecified atom stereocenters. The van der Waals surface area contributed by atoms with Crippen LogP contribution in [0.5, 0.6) is 11.5 Å². The first-order chi connectivity index (χ1) is 13.1. The maximum absolute atomic E-state index is 12.0. The molecule has 3 nitrogen and oxygen atoms in total. The molecule has 2 aliphatic carbocycles. The van der Waals surface area contributed by atoms with Crippen molar-refractivity contribution < 1.29 is 14.3 Å². The van der Waals surface area contributed by atoms with E-state index < -0.39 is 0 Å². The Hall–Kier alpha value is -3.07. The highest BCUT2D eigenvalue weighted by atomic mass is 16.5. The Kier molecular flexibility index (Phi) is 3.26. The van der Waals surface area contributed by atoms with Crippen molar-refractivity contribution in [2.24, 2.45) is 5.41 Å². The van der Waals surface area contributed by atoms with Gasteiger partial charge in [0.1, 0.15) is 23.9 Å². The highest BCUT2D eigenvalue weighted by Crippen LogP contribution is 2.76. The van der Waals surface area contributed by atoms with E-state index in [1.54, 1.807) is 18.2 Å². The van der Waals surface area contributed by atoms with Gasteiger partial charge in [-0.1, -0.05) is 49.1 Å². The fourth-order valence-corrected chi connectivity index (χ4v) is 4.78. The zero-order chi connectivity index (χ0) is 18.6. The van der Waals surface area contributed by atoms with Gasteiger partial charge in [-0.25, -0.2) is 0 Å². The summed E-state index contributed by atoms with van der Waals surface area (Å²) in [6.45, 7) is 6.28. The third-order valence-corrected chi connectivity index (χ3v) is 6.03. The normalized spacial score (nSPS) is 26.9. The van der Waals surface area contributed by atoms with Gasteiger partial charge in [-0.2, -0.15) is 0 Å². The van der Waals surface area contributed by atoms with E-state index in [-0.39, 0.29) is 16.6 Å². The summed E-state index contributed by atoms with van der Waals surface area (Å²) >= 11 is 0. The van der Waals surface area contributed by atoms with Gasteiger partial charge < -0.3 is 9.47 Å². The molecule has 1 fully saturated rings. The zero-order valence-corrected chi connectivity index (χ0v) is 15.2. The van der Waals surface area contributed by atoms with Crippen LogP contribution in [0.15, 0.2) is 79.1 Å². The van der Waals surface area contributed by atoms with Crippen molar-refractivity contribution >= 4 is 5.78 Å². The minimum absolute atomic E-state index is 0.0243. The van der Waals surface area contributed by atoms with E-state index in [0.29, 0.717) is 6.61 Å². The lowest BCUT2D eigenvalue weighted by atomic mass is 9.74. The molecule has 0 saturated heterocycles. The summed E-state index contributed by atoms with van der Waals surface area (Å²) in [6, 6.07) is 14.5. The molecule has 5 rings (SSSR count). The molecule has 2 aromatic rings. The molecule has 1 aliphatic heterocycles. The first-order valence-corrected chi connectivity index (χ1v) is 9.18. The summed E-state index contributed by atoms with van der Waals surface area (Å²) < 4.78 is 11.9. The Labute approximate surface area is 158 Å². The smallest absolute Gasteiger partial charge is 0.181 e. The Bertz CT molecular complexity index is 1050. The van der Waals surface area contributed by atoms with E-state index >= 15 is 0 Å². The number of aryl methyl sites for hydroxylation is 1. The molecular formula is C24H20O3. The van der Waals surface area contributed by atoms with Crippen LogP contribution in [-0.2, 0) is 10.2 Å².